The lowest BCUT2D eigenvalue weighted by atomic mass is 10.1. The SMILES string of the molecule is COc1ccc2oc(=O)c3c(c2c1)C[C@@H](C(F)(F)F)S3. The number of fused-ring (bicyclic) bond motifs is 3. The fourth-order valence-electron chi connectivity index (χ4n) is 2.23. The van der Waals surface area contributed by atoms with Gasteiger partial charge in [0, 0.05) is 5.39 Å². The van der Waals surface area contributed by atoms with Gasteiger partial charge in [-0.3, -0.25) is 0 Å². The predicted molar refractivity (Wildman–Crippen MR) is 68.4 cm³/mol. The third kappa shape index (κ3) is 2.06. The van der Waals surface area contributed by atoms with Crippen LogP contribution in [0.3, 0.4) is 0 Å². The Hall–Kier alpha value is -1.63. The van der Waals surface area contributed by atoms with E-state index in [1.54, 1.807) is 12.1 Å². The van der Waals surface area contributed by atoms with E-state index in [2.05, 4.69) is 0 Å². The maximum Gasteiger partial charge on any atom is 0.401 e. The van der Waals surface area contributed by atoms with Crippen molar-refractivity contribution in [2.75, 3.05) is 7.11 Å². The van der Waals surface area contributed by atoms with E-state index in [4.69, 9.17) is 9.15 Å². The number of thioether (sulfide) groups is 1. The smallest absolute Gasteiger partial charge is 0.401 e. The Kier molecular flexibility index (Phi) is 2.97. The molecule has 1 atom stereocenters. The van der Waals surface area contributed by atoms with Crippen LogP contribution in [0.1, 0.15) is 5.56 Å². The monoisotopic (exact) mass is 302 g/mol. The van der Waals surface area contributed by atoms with E-state index in [1.165, 1.54) is 13.2 Å². The summed E-state index contributed by atoms with van der Waals surface area (Å²) >= 11 is 0.526. The second kappa shape index (κ2) is 4.44. The molecule has 1 aromatic heterocycles. The molecule has 2 aromatic rings. The number of ether oxygens (including phenoxy) is 1. The highest BCUT2D eigenvalue weighted by molar-refractivity contribution is 8.00. The molecule has 0 bridgehead atoms. The Morgan fingerprint density at radius 1 is 1.40 bits per heavy atom. The molecule has 20 heavy (non-hydrogen) atoms. The van der Waals surface area contributed by atoms with Gasteiger partial charge in [-0.05, 0) is 30.2 Å². The number of methoxy groups -OCH3 is 1. The molecule has 0 saturated heterocycles. The van der Waals surface area contributed by atoms with E-state index in [-0.39, 0.29) is 16.9 Å². The van der Waals surface area contributed by atoms with Crippen molar-refractivity contribution in [3.8, 4) is 5.75 Å². The Morgan fingerprint density at radius 2 is 2.15 bits per heavy atom. The Balaban J connectivity index is 2.21. The van der Waals surface area contributed by atoms with Crippen LogP contribution in [0.15, 0.2) is 32.3 Å². The minimum Gasteiger partial charge on any atom is -0.497 e. The van der Waals surface area contributed by atoms with Gasteiger partial charge in [0.2, 0.25) is 0 Å². The summed E-state index contributed by atoms with van der Waals surface area (Å²) in [6, 6.07) is 4.72. The molecule has 0 spiro atoms. The van der Waals surface area contributed by atoms with Gasteiger partial charge in [0.15, 0.2) is 0 Å². The summed E-state index contributed by atoms with van der Waals surface area (Å²) < 4.78 is 48.6. The average Bonchev–Trinajstić information content (AvgIpc) is 2.84. The van der Waals surface area contributed by atoms with Crippen molar-refractivity contribution >= 4 is 22.7 Å². The maximum absolute atomic E-state index is 12.8. The third-order valence-corrected chi connectivity index (χ3v) is 4.56. The molecule has 0 fully saturated rings. The largest absolute Gasteiger partial charge is 0.497 e. The summed E-state index contributed by atoms with van der Waals surface area (Å²) in [6.45, 7) is 0. The third-order valence-electron chi connectivity index (χ3n) is 3.19. The molecule has 0 aliphatic carbocycles. The van der Waals surface area contributed by atoms with Gasteiger partial charge < -0.3 is 9.15 Å². The second-order valence-corrected chi connectivity index (χ2v) is 5.62. The fourth-order valence-corrected chi connectivity index (χ4v) is 3.37. The van der Waals surface area contributed by atoms with Crippen molar-refractivity contribution in [1.29, 1.82) is 0 Å². The van der Waals surface area contributed by atoms with Crippen molar-refractivity contribution in [2.24, 2.45) is 0 Å². The first-order chi connectivity index (χ1) is 9.40. The summed E-state index contributed by atoms with van der Waals surface area (Å²) in [7, 11) is 1.47. The summed E-state index contributed by atoms with van der Waals surface area (Å²) in [5, 5.41) is -1.10. The Bertz CT molecular complexity index is 736. The van der Waals surface area contributed by atoms with Crippen LogP contribution >= 0.6 is 11.8 Å². The van der Waals surface area contributed by atoms with E-state index in [0.29, 0.717) is 28.5 Å². The van der Waals surface area contributed by atoms with Crippen molar-refractivity contribution in [2.45, 2.75) is 22.7 Å². The minimum absolute atomic E-state index is 0.0491. The predicted octanol–water partition coefficient (Wildman–Crippen LogP) is 3.38. The standard InChI is InChI=1S/C13H9F3O3S/c1-18-6-2-3-9-7(4-6)8-5-10(13(14,15)16)20-11(8)12(17)19-9/h2-4,10H,5H2,1H3/t10-/m0/s1. The Morgan fingerprint density at radius 3 is 2.80 bits per heavy atom. The van der Waals surface area contributed by atoms with Gasteiger partial charge in [0.25, 0.3) is 0 Å². The molecule has 0 saturated carbocycles. The lowest BCUT2D eigenvalue weighted by Gasteiger charge is -2.12. The first kappa shape index (κ1) is 13.4. The van der Waals surface area contributed by atoms with Gasteiger partial charge in [-0.2, -0.15) is 13.2 Å². The summed E-state index contributed by atoms with van der Waals surface area (Å²) in [5.74, 6) is 0.508. The van der Waals surface area contributed by atoms with Crippen molar-refractivity contribution in [1.82, 2.24) is 0 Å². The summed E-state index contributed by atoms with van der Waals surface area (Å²) in [6.07, 6.45) is -4.57. The molecule has 3 nitrogen and oxygen atoms in total. The topological polar surface area (TPSA) is 39.4 Å². The van der Waals surface area contributed by atoms with Gasteiger partial charge in [-0.15, -0.1) is 11.8 Å². The lowest BCUT2D eigenvalue weighted by molar-refractivity contribution is -0.127. The van der Waals surface area contributed by atoms with Crippen LogP contribution < -0.4 is 10.4 Å². The highest BCUT2D eigenvalue weighted by Gasteiger charge is 2.45. The molecule has 3 rings (SSSR count). The molecule has 1 aliphatic rings. The molecule has 1 aliphatic heterocycles. The van der Waals surface area contributed by atoms with E-state index in [1.807, 2.05) is 0 Å². The van der Waals surface area contributed by atoms with Crippen LogP contribution in [-0.2, 0) is 6.42 Å². The number of halogens is 3. The van der Waals surface area contributed by atoms with E-state index in [0.717, 1.165) is 0 Å². The van der Waals surface area contributed by atoms with Crippen molar-refractivity contribution in [3.63, 3.8) is 0 Å². The van der Waals surface area contributed by atoms with Gasteiger partial charge in [-0.25, -0.2) is 4.79 Å². The zero-order chi connectivity index (χ0) is 14.5. The fraction of sp³-hybridized carbons (Fsp3) is 0.308. The van der Waals surface area contributed by atoms with Crippen LogP contribution in [0, 0.1) is 0 Å². The highest BCUT2D eigenvalue weighted by Crippen LogP contribution is 2.45. The van der Waals surface area contributed by atoms with Gasteiger partial charge >= 0.3 is 11.8 Å². The molecule has 1 aromatic carbocycles. The molecule has 106 valence electrons. The number of hydrogen-bond acceptors (Lipinski definition) is 4. The zero-order valence-corrected chi connectivity index (χ0v) is 11.1. The highest BCUT2D eigenvalue weighted by atomic mass is 32.2. The average molecular weight is 302 g/mol. The number of hydrogen-bond donors (Lipinski definition) is 0. The zero-order valence-electron chi connectivity index (χ0n) is 10.3. The van der Waals surface area contributed by atoms with Crippen LogP contribution in [0.5, 0.6) is 5.75 Å². The van der Waals surface area contributed by atoms with Crippen LogP contribution in [-0.4, -0.2) is 18.5 Å². The van der Waals surface area contributed by atoms with E-state index < -0.39 is 17.1 Å². The quantitative estimate of drug-likeness (QED) is 0.757. The number of rotatable bonds is 1. The molecule has 0 amide bonds. The molecule has 0 N–H and O–H groups in total. The Labute approximate surface area is 115 Å². The number of alkyl halides is 3. The molecule has 7 heteroatoms. The molecular formula is C13H9F3O3S. The number of benzene rings is 1. The van der Waals surface area contributed by atoms with Crippen molar-refractivity contribution < 1.29 is 22.3 Å². The molecule has 0 radical (unpaired) electrons. The molecule has 0 unspecified atom stereocenters. The van der Waals surface area contributed by atoms with E-state index in [9.17, 15) is 18.0 Å². The maximum atomic E-state index is 12.8. The normalized spacial score (nSPS) is 18.3. The van der Waals surface area contributed by atoms with Gasteiger partial charge in [-0.1, -0.05) is 0 Å². The van der Waals surface area contributed by atoms with Crippen molar-refractivity contribution in [3.05, 3.63) is 34.2 Å². The van der Waals surface area contributed by atoms with Crippen LogP contribution in [0.2, 0.25) is 0 Å². The van der Waals surface area contributed by atoms with Gasteiger partial charge in [0.05, 0.1) is 12.0 Å². The minimum atomic E-state index is -4.35. The summed E-state index contributed by atoms with van der Waals surface area (Å²) in [5.41, 5.74) is -0.0464. The first-order valence-corrected chi connectivity index (χ1v) is 6.65. The summed E-state index contributed by atoms with van der Waals surface area (Å²) in [4.78, 5) is 11.8. The molecular weight excluding hydrogens is 293 g/mol. The van der Waals surface area contributed by atoms with Crippen LogP contribution in [0.4, 0.5) is 13.2 Å². The van der Waals surface area contributed by atoms with Crippen LogP contribution in [0.25, 0.3) is 11.0 Å². The lowest BCUT2D eigenvalue weighted by Crippen LogP contribution is -2.24. The van der Waals surface area contributed by atoms with Gasteiger partial charge in [0.1, 0.15) is 16.6 Å². The first-order valence-electron chi connectivity index (χ1n) is 5.77. The van der Waals surface area contributed by atoms with E-state index >= 15 is 0 Å². The second-order valence-electron chi connectivity index (χ2n) is 4.41. The molecule has 2 heterocycles.